The standard InChI is InChI=1S/C24H31N7O3.2ClH/c1-26-21-20(22(33)27(2)24(26)34)31-12-9-19(32)30(23(31)25-21)11-6-10-28-13-15-29(16-14-28)17-18-7-4-3-5-8-18;;/h3-5,7-8H,6,9-17H2,1-2H3;2*1H. The van der Waals surface area contributed by atoms with Gasteiger partial charge in [-0.1, -0.05) is 30.3 Å². The Hall–Kier alpha value is -2.66. The summed E-state index contributed by atoms with van der Waals surface area (Å²) in [7, 11) is 3.07. The minimum atomic E-state index is -0.419. The summed E-state index contributed by atoms with van der Waals surface area (Å²) < 4.78 is 4.26. The highest BCUT2D eigenvalue weighted by molar-refractivity contribution is 5.95. The quantitative estimate of drug-likeness (QED) is 0.469. The number of anilines is 1. The van der Waals surface area contributed by atoms with E-state index in [-0.39, 0.29) is 36.3 Å². The topological polar surface area (TPSA) is 88.6 Å². The van der Waals surface area contributed by atoms with Crippen LogP contribution in [0.5, 0.6) is 0 Å². The van der Waals surface area contributed by atoms with Crippen LogP contribution in [0.4, 0.5) is 5.95 Å². The van der Waals surface area contributed by atoms with Gasteiger partial charge in [-0.25, -0.2) is 4.79 Å². The molecule has 0 unspecified atom stereocenters. The third-order valence-corrected chi connectivity index (χ3v) is 6.99. The monoisotopic (exact) mass is 537 g/mol. The number of aromatic nitrogens is 4. The number of aryl methyl sites for hydroxylation is 2. The average molecular weight is 538 g/mol. The number of hydrogen-bond acceptors (Lipinski definition) is 6. The largest absolute Gasteiger partial charge is 0.332 e. The molecule has 10 nitrogen and oxygen atoms in total. The van der Waals surface area contributed by atoms with Gasteiger partial charge in [0, 0.05) is 66.3 Å². The molecule has 0 radical (unpaired) electrons. The first-order valence-corrected chi connectivity index (χ1v) is 11.9. The second-order valence-corrected chi connectivity index (χ2v) is 9.19. The normalized spacial score (nSPS) is 16.5. The number of fused-ring (bicyclic) bond motifs is 3. The SMILES string of the molecule is Cl.Cl.Cn1c(=O)c2c(nc3n2CCC(=O)N3CCCN2CCN(Cc3ccccc3)CC2)n(C)c1=O. The van der Waals surface area contributed by atoms with E-state index in [1.807, 2.05) is 6.07 Å². The van der Waals surface area contributed by atoms with Crippen molar-refractivity contribution < 1.29 is 4.79 Å². The van der Waals surface area contributed by atoms with Crippen LogP contribution in [-0.2, 0) is 32.0 Å². The first-order valence-electron chi connectivity index (χ1n) is 11.9. The molecule has 3 aromatic rings. The second-order valence-electron chi connectivity index (χ2n) is 9.19. The zero-order chi connectivity index (χ0) is 23.8. The fraction of sp³-hybridized carbons (Fsp3) is 0.500. The van der Waals surface area contributed by atoms with Gasteiger partial charge in [-0.3, -0.25) is 28.5 Å². The Kier molecular flexibility index (Phi) is 8.99. The van der Waals surface area contributed by atoms with Gasteiger partial charge in [-0.2, -0.15) is 4.98 Å². The van der Waals surface area contributed by atoms with Gasteiger partial charge in [0.25, 0.3) is 5.56 Å². The van der Waals surface area contributed by atoms with Gasteiger partial charge >= 0.3 is 5.69 Å². The molecular weight excluding hydrogens is 505 g/mol. The third kappa shape index (κ3) is 5.22. The van der Waals surface area contributed by atoms with E-state index in [9.17, 15) is 14.4 Å². The lowest BCUT2D eigenvalue weighted by Crippen LogP contribution is -2.47. The molecule has 0 spiro atoms. The van der Waals surface area contributed by atoms with E-state index in [1.54, 1.807) is 16.5 Å². The Labute approximate surface area is 221 Å². The van der Waals surface area contributed by atoms with E-state index in [0.717, 1.165) is 50.3 Å². The lowest BCUT2D eigenvalue weighted by molar-refractivity contribution is -0.119. The third-order valence-electron chi connectivity index (χ3n) is 6.99. The number of piperazine rings is 1. The van der Waals surface area contributed by atoms with Crippen molar-refractivity contribution in [2.45, 2.75) is 25.9 Å². The molecule has 2 aliphatic heterocycles. The van der Waals surface area contributed by atoms with Crippen LogP contribution in [0.3, 0.4) is 0 Å². The summed E-state index contributed by atoms with van der Waals surface area (Å²) >= 11 is 0. The van der Waals surface area contributed by atoms with E-state index in [0.29, 0.717) is 36.6 Å². The number of amides is 1. The molecule has 36 heavy (non-hydrogen) atoms. The van der Waals surface area contributed by atoms with Gasteiger partial charge in [0.1, 0.15) is 0 Å². The Morgan fingerprint density at radius 2 is 1.50 bits per heavy atom. The number of rotatable bonds is 6. The summed E-state index contributed by atoms with van der Waals surface area (Å²) in [5.41, 5.74) is 1.26. The van der Waals surface area contributed by atoms with Crippen molar-refractivity contribution in [2.24, 2.45) is 14.1 Å². The Morgan fingerprint density at radius 1 is 0.833 bits per heavy atom. The Morgan fingerprint density at radius 3 is 2.19 bits per heavy atom. The molecule has 0 aliphatic carbocycles. The van der Waals surface area contributed by atoms with Crippen molar-refractivity contribution >= 4 is 47.8 Å². The summed E-state index contributed by atoms with van der Waals surface area (Å²) in [6.45, 7) is 6.92. The highest BCUT2D eigenvalue weighted by Gasteiger charge is 2.30. The summed E-state index contributed by atoms with van der Waals surface area (Å²) in [5.74, 6) is 0.481. The van der Waals surface area contributed by atoms with Crippen LogP contribution in [0.25, 0.3) is 11.2 Å². The van der Waals surface area contributed by atoms with Crippen molar-refractivity contribution in [3.05, 3.63) is 56.7 Å². The van der Waals surface area contributed by atoms with Gasteiger partial charge < -0.3 is 9.47 Å². The van der Waals surface area contributed by atoms with E-state index in [2.05, 4.69) is 39.0 Å². The molecule has 0 saturated carbocycles. The molecule has 2 aliphatic rings. The average Bonchev–Trinajstić information content (AvgIpc) is 3.24. The van der Waals surface area contributed by atoms with Crippen LogP contribution in [0.1, 0.15) is 18.4 Å². The number of carbonyl (C=O) groups is 1. The zero-order valence-electron chi connectivity index (χ0n) is 20.6. The minimum Gasteiger partial charge on any atom is -0.303 e. The molecule has 2 aromatic heterocycles. The molecule has 1 aromatic carbocycles. The fourth-order valence-electron chi connectivity index (χ4n) is 5.00. The first-order chi connectivity index (χ1) is 16.4. The van der Waals surface area contributed by atoms with Crippen molar-refractivity contribution in [3.8, 4) is 0 Å². The van der Waals surface area contributed by atoms with Crippen LogP contribution in [-0.4, -0.2) is 73.7 Å². The maximum atomic E-state index is 12.8. The van der Waals surface area contributed by atoms with Crippen molar-refractivity contribution in [3.63, 3.8) is 0 Å². The van der Waals surface area contributed by atoms with Gasteiger partial charge in [0.05, 0.1) is 0 Å². The maximum Gasteiger partial charge on any atom is 0.332 e. The summed E-state index contributed by atoms with van der Waals surface area (Å²) in [6.07, 6.45) is 1.15. The number of carbonyl (C=O) groups excluding carboxylic acids is 1. The summed E-state index contributed by atoms with van der Waals surface area (Å²) in [6, 6.07) is 10.6. The van der Waals surface area contributed by atoms with Crippen LogP contribution in [0.15, 0.2) is 39.9 Å². The first kappa shape index (κ1) is 27.9. The van der Waals surface area contributed by atoms with Crippen molar-refractivity contribution in [2.75, 3.05) is 44.2 Å². The number of imidazole rings is 1. The summed E-state index contributed by atoms with van der Waals surface area (Å²) in [5, 5.41) is 0. The molecule has 5 rings (SSSR count). The van der Waals surface area contributed by atoms with Gasteiger partial charge in [0.15, 0.2) is 11.2 Å². The Bertz CT molecular complexity index is 1330. The molecule has 12 heteroatoms. The van der Waals surface area contributed by atoms with E-state index < -0.39 is 5.69 Å². The van der Waals surface area contributed by atoms with Crippen LogP contribution < -0.4 is 16.1 Å². The van der Waals surface area contributed by atoms with Gasteiger partial charge in [0.2, 0.25) is 11.9 Å². The van der Waals surface area contributed by atoms with Crippen molar-refractivity contribution in [1.29, 1.82) is 0 Å². The second kappa shape index (κ2) is 11.6. The molecule has 0 N–H and O–H groups in total. The molecule has 1 saturated heterocycles. The van der Waals surface area contributed by atoms with Crippen LogP contribution in [0, 0.1) is 0 Å². The highest BCUT2D eigenvalue weighted by Crippen LogP contribution is 2.25. The lowest BCUT2D eigenvalue weighted by atomic mass is 10.2. The van der Waals surface area contributed by atoms with Crippen LogP contribution in [0.2, 0.25) is 0 Å². The predicted molar refractivity (Wildman–Crippen MR) is 144 cm³/mol. The van der Waals surface area contributed by atoms with E-state index in [1.165, 1.54) is 17.2 Å². The lowest BCUT2D eigenvalue weighted by Gasteiger charge is -2.35. The Balaban J connectivity index is 0.00000180. The summed E-state index contributed by atoms with van der Waals surface area (Å²) in [4.78, 5) is 49.0. The molecule has 0 atom stereocenters. The number of hydrogen-bond donors (Lipinski definition) is 0. The minimum absolute atomic E-state index is 0. The number of nitrogens with zero attached hydrogens (tertiary/aromatic N) is 7. The fourth-order valence-corrected chi connectivity index (χ4v) is 5.00. The molecular formula is C24H33Cl2N7O3. The zero-order valence-corrected chi connectivity index (χ0v) is 22.3. The number of benzene rings is 1. The van der Waals surface area contributed by atoms with Gasteiger partial charge in [-0.15, -0.1) is 24.8 Å². The van der Waals surface area contributed by atoms with E-state index >= 15 is 0 Å². The van der Waals surface area contributed by atoms with E-state index in [4.69, 9.17) is 0 Å². The van der Waals surface area contributed by atoms with Crippen molar-refractivity contribution in [1.82, 2.24) is 28.5 Å². The highest BCUT2D eigenvalue weighted by atomic mass is 35.5. The van der Waals surface area contributed by atoms with Crippen LogP contribution >= 0.6 is 24.8 Å². The molecule has 1 fully saturated rings. The smallest absolute Gasteiger partial charge is 0.303 e. The molecule has 4 heterocycles. The predicted octanol–water partition coefficient (Wildman–Crippen LogP) is 1.22. The maximum absolute atomic E-state index is 12.8. The number of halogens is 2. The molecule has 1 amide bonds. The molecule has 0 bridgehead atoms. The van der Waals surface area contributed by atoms with Gasteiger partial charge in [-0.05, 0) is 18.5 Å². The molecule has 196 valence electrons.